The third kappa shape index (κ3) is 2.09. The Hall–Kier alpha value is -1.35. The van der Waals surface area contributed by atoms with Gasteiger partial charge in [-0.05, 0) is 43.9 Å². The number of aryl methyl sites for hydroxylation is 1. The smallest absolute Gasteiger partial charge is 0.227 e. The third-order valence-electron chi connectivity index (χ3n) is 3.41. The van der Waals surface area contributed by atoms with E-state index in [9.17, 15) is 4.79 Å². The lowest BCUT2D eigenvalue weighted by atomic mass is 9.80. The summed E-state index contributed by atoms with van der Waals surface area (Å²) >= 11 is 0. The second kappa shape index (κ2) is 4.26. The molecule has 0 aromatic heterocycles. The Morgan fingerprint density at radius 2 is 2.06 bits per heavy atom. The lowest BCUT2D eigenvalue weighted by Gasteiger charge is -2.31. The fourth-order valence-electron chi connectivity index (χ4n) is 2.00. The second-order valence-electron chi connectivity index (χ2n) is 4.67. The minimum Gasteiger partial charge on any atom is -0.328 e. The summed E-state index contributed by atoms with van der Waals surface area (Å²) in [5.74, 6) is 0.213. The van der Waals surface area contributed by atoms with Gasteiger partial charge in [-0.25, -0.2) is 0 Å². The SMILES string of the molecule is Cc1cccc(NC(=O)C2CC(N)C2)c1C. The first-order valence-corrected chi connectivity index (χ1v) is 5.70. The summed E-state index contributed by atoms with van der Waals surface area (Å²) in [4.78, 5) is 11.8. The van der Waals surface area contributed by atoms with Crippen molar-refractivity contribution in [2.45, 2.75) is 32.7 Å². The van der Waals surface area contributed by atoms with Crippen LogP contribution in [0.25, 0.3) is 0 Å². The normalized spacial score (nSPS) is 23.7. The van der Waals surface area contributed by atoms with Crippen LogP contribution in [0.15, 0.2) is 18.2 Å². The molecule has 86 valence electrons. The van der Waals surface area contributed by atoms with Crippen LogP contribution in [0.1, 0.15) is 24.0 Å². The second-order valence-corrected chi connectivity index (χ2v) is 4.67. The molecule has 1 aliphatic rings. The van der Waals surface area contributed by atoms with Gasteiger partial charge in [0.2, 0.25) is 5.91 Å². The van der Waals surface area contributed by atoms with Gasteiger partial charge in [0.25, 0.3) is 0 Å². The maximum atomic E-state index is 11.8. The fraction of sp³-hybridized carbons (Fsp3) is 0.462. The molecule has 0 aliphatic heterocycles. The topological polar surface area (TPSA) is 55.1 Å². The van der Waals surface area contributed by atoms with Crippen LogP contribution >= 0.6 is 0 Å². The van der Waals surface area contributed by atoms with Gasteiger partial charge >= 0.3 is 0 Å². The van der Waals surface area contributed by atoms with E-state index in [1.54, 1.807) is 0 Å². The van der Waals surface area contributed by atoms with Crippen molar-refractivity contribution < 1.29 is 4.79 Å². The predicted molar refractivity (Wildman–Crippen MR) is 65.2 cm³/mol. The van der Waals surface area contributed by atoms with Crippen molar-refractivity contribution in [3.63, 3.8) is 0 Å². The molecule has 3 nitrogen and oxygen atoms in total. The Morgan fingerprint density at radius 3 is 2.69 bits per heavy atom. The van der Waals surface area contributed by atoms with E-state index >= 15 is 0 Å². The summed E-state index contributed by atoms with van der Waals surface area (Å²) in [5.41, 5.74) is 8.93. The number of hydrogen-bond donors (Lipinski definition) is 2. The van der Waals surface area contributed by atoms with Gasteiger partial charge in [0.1, 0.15) is 0 Å². The van der Waals surface area contributed by atoms with Crippen molar-refractivity contribution in [1.29, 1.82) is 0 Å². The van der Waals surface area contributed by atoms with Crippen LogP contribution < -0.4 is 11.1 Å². The molecular formula is C13H18N2O. The molecule has 0 unspecified atom stereocenters. The largest absolute Gasteiger partial charge is 0.328 e. The summed E-state index contributed by atoms with van der Waals surface area (Å²) in [5, 5.41) is 2.98. The van der Waals surface area contributed by atoms with Crippen molar-refractivity contribution in [3.8, 4) is 0 Å². The molecular weight excluding hydrogens is 200 g/mol. The van der Waals surface area contributed by atoms with E-state index in [-0.39, 0.29) is 17.9 Å². The molecule has 1 aliphatic carbocycles. The van der Waals surface area contributed by atoms with Crippen LogP contribution in [-0.4, -0.2) is 11.9 Å². The number of carbonyl (C=O) groups is 1. The van der Waals surface area contributed by atoms with Crippen molar-refractivity contribution in [3.05, 3.63) is 29.3 Å². The number of nitrogens with two attached hydrogens (primary N) is 1. The lowest BCUT2D eigenvalue weighted by Crippen LogP contribution is -2.42. The molecule has 0 bridgehead atoms. The van der Waals surface area contributed by atoms with E-state index in [4.69, 9.17) is 5.73 Å². The summed E-state index contributed by atoms with van der Waals surface area (Å²) in [7, 11) is 0. The number of rotatable bonds is 2. The summed E-state index contributed by atoms with van der Waals surface area (Å²) in [6.07, 6.45) is 1.63. The van der Waals surface area contributed by atoms with Gasteiger partial charge in [-0.1, -0.05) is 12.1 Å². The molecule has 1 aromatic rings. The molecule has 0 radical (unpaired) electrons. The fourth-order valence-corrected chi connectivity index (χ4v) is 2.00. The number of benzene rings is 1. The molecule has 3 heteroatoms. The average molecular weight is 218 g/mol. The number of anilines is 1. The minimum atomic E-state index is 0.106. The zero-order valence-corrected chi connectivity index (χ0v) is 9.79. The average Bonchev–Trinajstić information content (AvgIpc) is 2.20. The summed E-state index contributed by atoms with van der Waals surface area (Å²) in [6.45, 7) is 4.07. The van der Waals surface area contributed by atoms with E-state index < -0.39 is 0 Å². The van der Waals surface area contributed by atoms with Gasteiger partial charge in [-0.3, -0.25) is 4.79 Å². The van der Waals surface area contributed by atoms with Crippen LogP contribution in [-0.2, 0) is 4.79 Å². The molecule has 1 saturated carbocycles. The van der Waals surface area contributed by atoms with Crippen molar-refractivity contribution >= 4 is 11.6 Å². The number of carbonyl (C=O) groups excluding carboxylic acids is 1. The van der Waals surface area contributed by atoms with Gasteiger partial charge in [0, 0.05) is 17.6 Å². The zero-order chi connectivity index (χ0) is 11.7. The Morgan fingerprint density at radius 1 is 1.38 bits per heavy atom. The highest BCUT2D eigenvalue weighted by atomic mass is 16.1. The Bertz CT molecular complexity index is 408. The Kier molecular flexibility index (Phi) is 2.97. The molecule has 2 rings (SSSR count). The number of hydrogen-bond acceptors (Lipinski definition) is 2. The number of nitrogens with one attached hydrogen (secondary N) is 1. The van der Waals surface area contributed by atoms with E-state index in [0.29, 0.717) is 0 Å². The molecule has 0 saturated heterocycles. The van der Waals surface area contributed by atoms with Crippen molar-refractivity contribution in [2.24, 2.45) is 11.7 Å². The van der Waals surface area contributed by atoms with Crippen LogP contribution in [0.2, 0.25) is 0 Å². The zero-order valence-electron chi connectivity index (χ0n) is 9.79. The minimum absolute atomic E-state index is 0.106. The highest BCUT2D eigenvalue weighted by Gasteiger charge is 2.32. The molecule has 0 spiro atoms. The van der Waals surface area contributed by atoms with Gasteiger partial charge < -0.3 is 11.1 Å². The molecule has 0 heterocycles. The summed E-state index contributed by atoms with van der Waals surface area (Å²) < 4.78 is 0. The maximum absolute atomic E-state index is 11.8. The highest BCUT2D eigenvalue weighted by molar-refractivity contribution is 5.94. The molecule has 0 atom stereocenters. The standard InChI is InChI=1S/C13H18N2O/c1-8-4-3-5-12(9(8)2)15-13(16)10-6-11(14)7-10/h3-5,10-11H,6-7,14H2,1-2H3,(H,15,16). The maximum Gasteiger partial charge on any atom is 0.227 e. The molecule has 16 heavy (non-hydrogen) atoms. The summed E-state index contributed by atoms with van der Waals surface area (Å²) in [6, 6.07) is 6.17. The van der Waals surface area contributed by atoms with Crippen LogP contribution in [0.3, 0.4) is 0 Å². The van der Waals surface area contributed by atoms with E-state index in [1.807, 2.05) is 32.0 Å². The van der Waals surface area contributed by atoms with Gasteiger partial charge in [0.05, 0.1) is 0 Å². The molecule has 1 fully saturated rings. The van der Waals surface area contributed by atoms with Crippen molar-refractivity contribution in [1.82, 2.24) is 0 Å². The van der Waals surface area contributed by atoms with Gasteiger partial charge in [-0.2, -0.15) is 0 Å². The van der Waals surface area contributed by atoms with Gasteiger partial charge in [-0.15, -0.1) is 0 Å². The first-order valence-electron chi connectivity index (χ1n) is 5.70. The molecule has 1 aromatic carbocycles. The van der Waals surface area contributed by atoms with Crippen molar-refractivity contribution in [2.75, 3.05) is 5.32 Å². The van der Waals surface area contributed by atoms with E-state index in [1.165, 1.54) is 5.56 Å². The number of amides is 1. The van der Waals surface area contributed by atoms with Crippen LogP contribution in [0.4, 0.5) is 5.69 Å². The first kappa shape index (κ1) is 11.1. The van der Waals surface area contributed by atoms with Gasteiger partial charge in [0.15, 0.2) is 0 Å². The van der Waals surface area contributed by atoms with E-state index in [2.05, 4.69) is 5.32 Å². The van der Waals surface area contributed by atoms with Crippen LogP contribution in [0.5, 0.6) is 0 Å². The monoisotopic (exact) mass is 218 g/mol. The Balaban J connectivity index is 2.04. The lowest BCUT2D eigenvalue weighted by molar-refractivity contribution is -0.122. The van der Waals surface area contributed by atoms with Crippen LogP contribution in [0, 0.1) is 19.8 Å². The molecule has 3 N–H and O–H groups in total. The predicted octanol–water partition coefficient (Wildman–Crippen LogP) is 1.98. The first-order chi connectivity index (χ1) is 7.58. The quantitative estimate of drug-likeness (QED) is 0.797. The third-order valence-corrected chi connectivity index (χ3v) is 3.41. The van der Waals surface area contributed by atoms with E-state index in [0.717, 1.165) is 24.1 Å². The molecule has 1 amide bonds. The Labute approximate surface area is 96.0 Å². The highest BCUT2D eigenvalue weighted by Crippen LogP contribution is 2.27.